The molecule has 3 rings (SSSR count). The van der Waals surface area contributed by atoms with Crippen LogP contribution in [0.2, 0.25) is 0 Å². The molecule has 1 heterocycles. The number of nitrogens with one attached hydrogen (secondary N) is 2. The molecule has 2 aliphatic rings. The Bertz CT molecular complexity index is 427. The summed E-state index contributed by atoms with van der Waals surface area (Å²) in [6, 6.07) is 6.71. The molecule has 104 valence electrons. The largest absolute Gasteiger partial charge is 0.384 e. The maximum atomic E-state index is 3.69. The zero-order chi connectivity index (χ0) is 13.1. The molecule has 1 aliphatic carbocycles. The predicted octanol–water partition coefficient (Wildman–Crippen LogP) is 3.57. The summed E-state index contributed by atoms with van der Waals surface area (Å²) >= 11 is 0. The van der Waals surface area contributed by atoms with Crippen LogP contribution in [0.4, 0.5) is 5.69 Å². The van der Waals surface area contributed by atoms with Crippen LogP contribution in [0.1, 0.15) is 43.7 Å². The molecule has 1 aliphatic heterocycles. The van der Waals surface area contributed by atoms with Crippen molar-refractivity contribution in [2.24, 2.45) is 11.8 Å². The predicted molar refractivity (Wildman–Crippen MR) is 81.5 cm³/mol. The number of benzene rings is 1. The highest BCUT2D eigenvalue weighted by Gasteiger charge is 2.21. The molecule has 1 saturated carbocycles. The van der Waals surface area contributed by atoms with Crippen LogP contribution >= 0.6 is 0 Å². The molecule has 1 aromatic carbocycles. The van der Waals surface area contributed by atoms with E-state index in [9.17, 15) is 0 Å². The van der Waals surface area contributed by atoms with Crippen molar-refractivity contribution in [3.05, 3.63) is 29.3 Å². The average Bonchev–Trinajstić information content (AvgIpc) is 2.90. The SMILES string of the molecule is CC1CCCCC1CNCc1cccc2c1NCC2. The van der Waals surface area contributed by atoms with Gasteiger partial charge in [-0.05, 0) is 42.3 Å². The third kappa shape index (κ3) is 2.94. The van der Waals surface area contributed by atoms with Crippen LogP contribution in [0, 0.1) is 11.8 Å². The van der Waals surface area contributed by atoms with Gasteiger partial charge in [0.05, 0.1) is 0 Å². The smallest absolute Gasteiger partial charge is 0.0419 e. The van der Waals surface area contributed by atoms with Gasteiger partial charge < -0.3 is 10.6 Å². The van der Waals surface area contributed by atoms with E-state index >= 15 is 0 Å². The van der Waals surface area contributed by atoms with Gasteiger partial charge in [0.2, 0.25) is 0 Å². The Morgan fingerprint density at radius 1 is 1.26 bits per heavy atom. The summed E-state index contributed by atoms with van der Waals surface area (Å²) in [5.41, 5.74) is 4.33. The number of hydrogen-bond donors (Lipinski definition) is 2. The Morgan fingerprint density at radius 3 is 3.05 bits per heavy atom. The highest BCUT2D eigenvalue weighted by molar-refractivity contribution is 5.61. The van der Waals surface area contributed by atoms with Crippen LogP contribution in [-0.2, 0) is 13.0 Å². The van der Waals surface area contributed by atoms with Gasteiger partial charge >= 0.3 is 0 Å². The molecule has 2 atom stereocenters. The van der Waals surface area contributed by atoms with Gasteiger partial charge in [0.25, 0.3) is 0 Å². The van der Waals surface area contributed by atoms with Gasteiger partial charge in [0.1, 0.15) is 0 Å². The molecule has 0 saturated heterocycles. The summed E-state index contributed by atoms with van der Waals surface area (Å²) in [6.45, 7) is 5.73. The quantitative estimate of drug-likeness (QED) is 0.862. The van der Waals surface area contributed by atoms with Crippen LogP contribution in [0.25, 0.3) is 0 Å². The van der Waals surface area contributed by atoms with E-state index < -0.39 is 0 Å². The third-order valence-corrected chi connectivity index (χ3v) is 4.94. The first kappa shape index (κ1) is 13.0. The fourth-order valence-electron chi connectivity index (χ4n) is 3.65. The summed E-state index contributed by atoms with van der Waals surface area (Å²) in [7, 11) is 0. The van der Waals surface area contributed by atoms with E-state index in [1.807, 2.05) is 0 Å². The molecule has 2 unspecified atom stereocenters. The second kappa shape index (κ2) is 5.96. The minimum atomic E-state index is 0.887. The molecule has 0 bridgehead atoms. The van der Waals surface area contributed by atoms with Crippen molar-refractivity contribution in [3.8, 4) is 0 Å². The third-order valence-electron chi connectivity index (χ3n) is 4.94. The Hall–Kier alpha value is -1.02. The first-order valence-electron chi connectivity index (χ1n) is 7.90. The van der Waals surface area contributed by atoms with Gasteiger partial charge in [-0.2, -0.15) is 0 Å². The molecule has 0 radical (unpaired) electrons. The molecule has 0 aromatic heterocycles. The number of anilines is 1. The summed E-state index contributed by atoms with van der Waals surface area (Å²) in [6.07, 6.45) is 6.89. The van der Waals surface area contributed by atoms with Crippen molar-refractivity contribution in [2.75, 3.05) is 18.4 Å². The van der Waals surface area contributed by atoms with Crippen LogP contribution in [0.5, 0.6) is 0 Å². The standard InChI is InChI=1S/C17H26N2/c1-13-5-2-3-6-15(13)11-18-12-16-8-4-7-14-9-10-19-17(14)16/h4,7-8,13,15,18-19H,2-3,5-6,9-12H2,1H3. The second-order valence-corrected chi connectivity index (χ2v) is 6.28. The number of para-hydroxylation sites is 1. The summed E-state index contributed by atoms with van der Waals surface area (Å²) in [5, 5.41) is 7.22. The molecule has 0 amide bonds. The Balaban J connectivity index is 1.54. The Morgan fingerprint density at radius 2 is 2.16 bits per heavy atom. The molecule has 2 heteroatoms. The molecule has 0 spiro atoms. The minimum Gasteiger partial charge on any atom is -0.384 e. The molecular weight excluding hydrogens is 232 g/mol. The van der Waals surface area contributed by atoms with E-state index in [1.54, 1.807) is 0 Å². The zero-order valence-electron chi connectivity index (χ0n) is 12.0. The van der Waals surface area contributed by atoms with Crippen LogP contribution < -0.4 is 10.6 Å². The normalized spacial score (nSPS) is 25.9. The lowest BCUT2D eigenvalue weighted by molar-refractivity contribution is 0.247. The maximum absolute atomic E-state index is 3.69. The first-order valence-corrected chi connectivity index (χ1v) is 7.90. The topological polar surface area (TPSA) is 24.1 Å². The molecule has 19 heavy (non-hydrogen) atoms. The van der Waals surface area contributed by atoms with Gasteiger partial charge in [-0.25, -0.2) is 0 Å². The number of fused-ring (bicyclic) bond motifs is 1. The van der Waals surface area contributed by atoms with Crippen LogP contribution in [-0.4, -0.2) is 13.1 Å². The van der Waals surface area contributed by atoms with Gasteiger partial charge in [-0.1, -0.05) is 44.4 Å². The second-order valence-electron chi connectivity index (χ2n) is 6.28. The van der Waals surface area contributed by atoms with Crippen LogP contribution in [0.15, 0.2) is 18.2 Å². The molecule has 1 aromatic rings. The monoisotopic (exact) mass is 258 g/mol. The van der Waals surface area contributed by atoms with E-state index in [0.29, 0.717) is 0 Å². The van der Waals surface area contributed by atoms with Gasteiger partial charge in [0, 0.05) is 18.8 Å². The van der Waals surface area contributed by atoms with Crippen molar-refractivity contribution in [1.82, 2.24) is 5.32 Å². The van der Waals surface area contributed by atoms with Gasteiger partial charge in [0.15, 0.2) is 0 Å². The van der Waals surface area contributed by atoms with Gasteiger partial charge in [-0.15, -0.1) is 0 Å². The Labute approximate surface area is 117 Å². The average molecular weight is 258 g/mol. The van der Waals surface area contributed by atoms with E-state index in [0.717, 1.165) is 24.9 Å². The molecule has 2 nitrogen and oxygen atoms in total. The highest BCUT2D eigenvalue weighted by atomic mass is 14.9. The summed E-state index contributed by atoms with van der Waals surface area (Å²) in [5.74, 6) is 1.79. The summed E-state index contributed by atoms with van der Waals surface area (Å²) in [4.78, 5) is 0. The molecule has 1 fully saturated rings. The first-order chi connectivity index (χ1) is 9.34. The van der Waals surface area contributed by atoms with Crippen molar-refractivity contribution in [1.29, 1.82) is 0 Å². The molecular formula is C17H26N2. The van der Waals surface area contributed by atoms with Crippen LogP contribution in [0.3, 0.4) is 0 Å². The Kier molecular flexibility index (Phi) is 4.07. The zero-order valence-corrected chi connectivity index (χ0v) is 12.0. The van der Waals surface area contributed by atoms with Gasteiger partial charge in [-0.3, -0.25) is 0 Å². The lowest BCUT2D eigenvalue weighted by Gasteiger charge is -2.29. The maximum Gasteiger partial charge on any atom is 0.0419 e. The van der Waals surface area contributed by atoms with Crippen molar-refractivity contribution in [3.63, 3.8) is 0 Å². The highest BCUT2D eigenvalue weighted by Crippen LogP contribution is 2.29. The van der Waals surface area contributed by atoms with Crippen molar-refractivity contribution >= 4 is 5.69 Å². The fraction of sp³-hybridized carbons (Fsp3) is 0.647. The van der Waals surface area contributed by atoms with Crippen molar-refractivity contribution < 1.29 is 0 Å². The number of rotatable bonds is 4. The van der Waals surface area contributed by atoms with E-state index in [1.165, 1.54) is 55.5 Å². The minimum absolute atomic E-state index is 0.887. The van der Waals surface area contributed by atoms with E-state index in [4.69, 9.17) is 0 Å². The number of hydrogen-bond acceptors (Lipinski definition) is 2. The molecule has 2 N–H and O–H groups in total. The summed E-state index contributed by atoms with van der Waals surface area (Å²) < 4.78 is 0. The van der Waals surface area contributed by atoms with E-state index in [-0.39, 0.29) is 0 Å². The lowest BCUT2D eigenvalue weighted by Crippen LogP contribution is -2.29. The van der Waals surface area contributed by atoms with Crippen molar-refractivity contribution in [2.45, 2.75) is 45.6 Å². The van der Waals surface area contributed by atoms with E-state index in [2.05, 4.69) is 35.8 Å². The fourth-order valence-corrected chi connectivity index (χ4v) is 3.65. The lowest BCUT2D eigenvalue weighted by atomic mass is 9.80.